The van der Waals surface area contributed by atoms with Gasteiger partial charge >= 0.3 is 5.97 Å². The number of halogens is 2. The Labute approximate surface area is 155 Å². The quantitative estimate of drug-likeness (QED) is 0.771. The van der Waals surface area contributed by atoms with Gasteiger partial charge in [0, 0.05) is 0 Å². The number of ether oxygens (including phenoxy) is 2. The molecule has 1 N–H and O–H groups in total. The van der Waals surface area contributed by atoms with Gasteiger partial charge in [-0.1, -0.05) is 41.4 Å². The molecule has 0 aliphatic carbocycles. The van der Waals surface area contributed by atoms with Gasteiger partial charge in [0.1, 0.15) is 5.75 Å². The van der Waals surface area contributed by atoms with Crippen LogP contribution in [-0.4, -0.2) is 29.6 Å². The van der Waals surface area contributed by atoms with E-state index >= 15 is 0 Å². The van der Waals surface area contributed by atoms with Gasteiger partial charge in [-0.15, -0.1) is 0 Å². The van der Waals surface area contributed by atoms with E-state index in [0.717, 1.165) is 0 Å². The number of benzene rings is 1. The lowest BCUT2D eigenvalue weighted by molar-refractivity contribution is -0.153. The zero-order valence-corrected chi connectivity index (χ0v) is 15.1. The fraction of sp³-hybridized carbons (Fsp3) is 0.235. The number of hydrogen-bond donors (Lipinski definition) is 1. The highest BCUT2D eigenvalue weighted by Crippen LogP contribution is 2.25. The Bertz CT molecular complexity index is 769. The number of nitrogens with zero attached hydrogens (tertiary/aromatic N) is 1. The zero-order valence-electron chi connectivity index (χ0n) is 13.6. The van der Waals surface area contributed by atoms with Crippen molar-refractivity contribution in [1.29, 1.82) is 0 Å². The van der Waals surface area contributed by atoms with Crippen molar-refractivity contribution in [1.82, 2.24) is 4.98 Å². The molecule has 0 saturated heterocycles. The zero-order chi connectivity index (χ0) is 18.4. The van der Waals surface area contributed by atoms with Crippen molar-refractivity contribution < 1.29 is 19.1 Å². The molecule has 8 heteroatoms. The lowest BCUT2D eigenvalue weighted by Gasteiger charge is -2.14. The molecule has 2 rings (SSSR count). The average Bonchev–Trinajstić information content (AvgIpc) is 2.58. The first kappa shape index (κ1) is 19.0. The van der Waals surface area contributed by atoms with Gasteiger partial charge in [-0.2, -0.15) is 0 Å². The van der Waals surface area contributed by atoms with Crippen LogP contribution in [0.2, 0.25) is 10.0 Å². The van der Waals surface area contributed by atoms with Crippen LogP contribution in [0.25, 0.3) is 0 Å². The van der Waals surface area contributed by atoms with Gasteiger partial charge in [0.25, 0.3) is 5.91 Å². The smallest absolute Gasteiger partial charge is 0.347 e. The molecule has 2 aromatic rings. The second kappa shape index (κ2) is 8.69. The van der Waals surface area contributed by atoms with Crippen molar-refractivity contribution in [2.24, 2.45) is 0 Å². The Hall–Kier alpha value is -2.31. The van der Waals surface area contributed by atoms with Crippen LogP contribution >= 0.6 is 23.2 Å². The fourth-order valence-corrected chi connectivity index (χ4v) is 2.23. The third kappa shape index (κ3) is 5.62. The van der Waals surface area contributed by atoms with E-state index in [0.29, 0.717) is 16.5 Å². The van der Waals surface area contributed by atoms with Crippen molar-refractivity contribution in [2.75, 3.05) is 11.9 Å². The first-order valence-electron chi connectivity index (χ1n) is 7.37. The molecular formula is C17H16Cl2N2O4. The molecule has 0 radical (unpaired) electrons. The van der Waals surface area contributed by atoms with Crippen LogP contribution < -0.4 is 10.1 Å². The Morgan fingerprint density at radius 3 is 2.56 bits per heavy atom. The molecule has 0 aliphatic rings. The van der Waals surface area contributed by atoms with Gasteiger partial charge in [0.15, 0.2) is 18.5 Å². The predicted molar refractivity (Wildman–Crippen MR) is 95.1 cm³/mol. The molecule has 0 unspecified atom stereocenters. The number of para-hydroxylation sites is 1. The van der Waals surface area contributed by atoms with E-state index in [1.807, 2.05) is 6.07 Å². The number of pyridine rings is 1. The molecule has 1 aromatic carbocycles. The SMILES string of the molecule is Cc1nc(NC(=O)COC(=O)[C@@H](C)Oc2ccccc2)c(Cl)cc1Cl. The average molecular weight is 383 g/mol. The molecule has 0 spiro atoms. The molecule has 0 bridgehead atoms. The minimum absolute atomic E-state index is 0.151. The highest BCUT2D eigenvalue weighted by atomic mass is 35.5. The molecular weight excluding hydrogens is 367 g/mol. The number of hydrogen-bond acceptors (Lipinski definition) is 5. The van der Waals surface area contributed by atoms with Crippen LogP contribution in [0.4, 0.5) is 5.82 Å². The van der Waals surface area contributed by atoms with E-state index in [1.54, 1.807) is 31.2 Å². The summed E-state index contributed by atoms with van der Waals surface area (Å²) in [5, 5.41) is 3.04. The normalized spacial score (nSPS) is 11.5. The number of aromatic nitrogens is 1. The minimum atomic E-state index is -0.852. The monoisotopic (exact) mass is 382 g/mol. The van der Waals surface area contributed by atoms with Crippen LogP contribution in [0.15, 0.2) is 36.4 Å². The van der Waals surface area contributed by atoms with Gasteiger partial charge in [-0.3, -0.25) is 4.79 Å². The fourth-order valence-electron chi connectivity index (χ4n) is 1.82. The maximum absolute atomic E-state index is 11.9. The van der Waals surface area contributed by atoms with E-state index in [-0.39, 0.29) is 10.8 Å². The summed E-state index contributed by atoms with van der Waals surface area (Å²) in [5.41, 5.74) is 0.517. The van der Waals surface area contributed by atoms with E-state index in [2.05, 4.69) is 10.3 Å². The maximum Gasteiger partial charge on any atom is 0.347 e. The highest BCUT2D eigenvalue weighted by molar-refractivity contribution is 6.36. The van der Waals surface area contributed by atoms with E-state index in [1.165, 1.54) is 13.0 Å². The second-order valence-corrected chi connectivity index (χ2v) is 5.93. The van der Waals surface area contributed by atoms with E-state index in [9.17, 15) is 9.59 Å². The number of rotatable bonds is 6. The van der Waals surface area contributed by atoms with Crippen LogP contribution in [0.3, 0.4) is 0 Å². The standard InChI is InChI=1S/C17H16Cl2N2O4/c1-10-13(18)8-14(19)16(20-10)21-15(22)9-24-17(23)11(2)25-12-6-4-3-5-7-12/h3-8,11H,9H2,1-2H3,(H,20,21,22)/t11-/m1/s1. The summed E-state index contributed by atoms with van der Waals surface area (Å²) in [7, 11) is 0. The van der Waals surface area contributed by atoms with Crippen LogP contribution in [0.1, 0.15) is 12.6 Å². The lowest BCUT2D eigenvalue weighted by atomic mass is 10.3. The topological polar surface area (TPSA) is 77.5 Å². The summed E-state index contributed by atoms with van der Waals surface area (Å²) in [6, 6.07) is 10.3. The molecule has 25 heavy (non-hydrogen) atoms. The maximum atomic E-state index is 11.9. The first-order chi connectivity index (χ1) is 11.9. The van der Waals surface area contributed by atoms with Crippen LogP contribution in [-0.2, 0) is 14.3 Å². The van der Waals surface area contributed by atoms with Crippen molar-refractivity contribution in [3.05, 3.63) is 52.1 Å². The number of carbonyl (C=O) groups is 2. The van der Waals surface area contributed by atoms with Crippen LogP contribution in [0, 0.1) is 6.92 Å². The Morgan fingerprint density at radius 2 is 1.88 bits per heavy atom. The minimum Gasteiger partial charge on any atom is -0.479 e. The van der Waals surface area contributed by atoms with Gasteiger partial charge < -0.3 is 14.8 Å². The largest absolute Gasteiger partial charge is 0.479 e. The van der Waals surface area contributed by atoms with Crippen molar-refractivity contribution in [2.45, 2.75) is 20.0 Å². The number of carbonyl (C=O) groups excluding carboxylic acids is 2. The van der Waals surface area contributed by atoms with Gasteiger partial charge in [-0.05, 0) is 32.0 Å². The van der Waals surface area contributed by atoms with Crippen LogP contribution in [0.5, 0.6) is 5.75 Å². The number of anilines is 1. The Kier molecular flexibility index (Phi) is 6.61. The number of nitrogens with one attached hydrogen (secondary N) is 1. The highest BCUT2D eigenvalue weighted by Gasteiger charge is 2.18. The van der Waals surface area contributed by atoms with E-state index < -0.39 is 24.6 Å². The lowest BCUT2D eigenvalue weighted by Crippen LogP contribution is -2.30. The van der Waals surface area contributed by atoms with Gasteiger partial charge in [0.2, 0.25) is 0 Å². The summed E-state index contributed by atoms with van der Waals surface area (Å²) in [6.07, 6.45) is -0.852. The molecule has 0 saturated carbocycles. The Morgan fingerprint density at radius 1 is 1.20 bits per heavy atom. The van der Waals surface area contributed by atoms with Crippen molar-refractivity contribution in [3.63, 3.8) is 0 Å². The Balaban J connectivity index is 1.85. The second-order valence-electron chi connectivity index (χ2n) is 5.12. The third-order valence-corrected chi connectivity index (χ3v) is 3.77. The molecule has 1 aromatic heterocycles. The summed E-state index contributed by atoms with van der Waals surface area (Å²) in [5.74, 6) is -0.552. The molecule has 6 nitrogen and oxygen atoms in total. The molecule has 1 heterocycles. The molecule has 1 amide bonds. The van der Waals surface area contributed by atoms with Crippen molar-refractivity contribution >= 4 is 40.9 Å². The third-order valence-electron chi connectivity index (χ3n) is 3.10. The van der Waals surface area contributed by atoms with Crippen molar-refractivity contribution in [3.8, 4) is 5.75 Å². The molecule has 0 fully saturated rings. The first-order valence-corrected chi connectivity index (χ1v) is 8.13. The number of amides is 1. The number of esters is 1. The van der Waals surface area contributed by atoms with Gasteiger partial charge in [-0.25, -0.2) is 9.78 Å². The predicted octanol–water partition coefficient (Wildman–Crippen LogP) is 3.65. The summed E-state index contributed by atoms with van der Waals surface area (Å²) in [6.45, 7) is 2.73. The number of aryl methyl sites for hydroxylation is 1. The summed E-state index contributed by atoms with van der Waals surface area (Å²) >= 11 is 11.8. The van der Waals surface area contributed by atoms with E-state index in [4.69, 9.17) is 32.7 Å². The summed E-state index contributed by atoms with van der Waals surface area (Å²) < 4.78 is 10.4. The molecule has 1 atom stereocenters. The molecule has 0 aliphatic heterocycles. The van der Waals surface area contributed by atoms with Gasteiger partial charge in [0.05, 0.1) is 15.7 Å². The summed E-state index contributed by atoms with van der Waals surface area (Å²) in [4.78, 5) is 27.8. The molecule has 132 valence electrons.